The molecule has 0 aliphatic carbocycles. The first kappa shape index (κ1) is 10.6. The Kier molecular flexibility index (Phi) is 3.07. The maximum absolute atomic E-state index is 11.8. The molecule has 1 unspecified atom stereocenters. The molecule has 2 heterocycles. The molecule has 0 aromatic carbocycles. The van der Waals surface area contributed by atoms with E-state index in [9.17, 15) is 4.79 Å². The van der Waals surface area contributed by atoms with Crippen LogP contribution in [-0.2, 0) is 11.2 Å². The van der Waals surface area contributed by atoms with Crippen LogP contribution in [0.2, 0.25) is 0 Å². The monoisotopic (exact) mass is 224 g/mol. The normalized spacial score (nSPS) is 20.1. The second kappa shape index (κ2) is 4.33. The van der Waals surface area contributed by atoms with Gasteiger partial charge in [0.25, 0.3) is 0 Å². The maximum Gasteiger partial charge on any atom is 0.237 e. The number of thiophene rings is 1. The summed E-state index contributed by atoms with van der Waals surface area (Å²) in [4.78, 5) is 15.2. The third kappa shape index (κ3) is 1.92. The Morgan fingerprint density at radius 1 is 1.73 bits per heavy atom. The summed E-state index contributed by atoms with van der Waals surface area (Å²) < 4.78 is 0. The minimum Gasteiger partial charge on any atom is -0.334 e. The van der Waals surface area contributed by atoms with E-state index in [1.807, 2.05) is 11.9 Å². The van der Waals surface area contributed by atoms with E-state index in [1.54, 1.807) is 11.3 Å². The van der Waals surface area contributed by atoms with Crippen molar-refractivity contribution in [2.45, 2.75) is 19.4 Å². The molecule has 0 saturated heterocycles. The molecule has 1 atom stereocenters. The molecular formula is C11H16N2OS. The van der Waals surface area contributed by atoms with E-state index in [4.69, 9.17) is 0 Å². The first-order valence-electron chi connectivity index (χ1n) is 5.24. The second-order valence-corrected chi connectivity index (χ2v) is 4.84. The molecule has 0 bridgehead atoms. The Morgan fingerprint density at radius 3 is 3.27 bits per heavy atom. The van der Waals surface area contributed by atoms with Crippen LogP contribution in [0.1, 0.15) is 23.4 Å². The minimum atomic E-state index is 0.196. The van der Waals surface area contributed by atoms with Crippen LogP contribution in [0.4, 0.5) is 0 Å². The van der Waals surface area contributed by atoms with Crippen molar-refractivity contribution in [3.63, 3.8) is 0 Å². The highest BCUT2D eigenvalue weighted by atomic mass is 32.1. The fourth-order valence-electron chi connectivity index (χ4n) is 2.10. The third-order valence-corrected chi connectivity index (χ3v) is 3.92. The minimum absolute atomic E-state index is 0.196. The van der Waals surface area contributed by atoms with Gasteiger partial charge in [0.1, 0.15) is 0 Å². The van der Waals surface area contributed by atoms with E-state index in [-0.39, 0.29) is 11.9 Å². The molecular weight excluding hydrogens is 208 g/mol. The Labute approximate surface area is 94.1 Å². The molecule has 15 heavy (non-hydrogen) atoms. The number of nitrogens with one attached hydrogen (secondary N) is 1. The predicted octanol–water partition coefficient (Wildman–Crippen LogP) is 1.41. The molecule has 1 aliphatic rings. The van der Waals surface area contributed by atoms with Gasteiger partial charge in [-0.05, 0) is 37.4 Å². The van der Waals surface area contributed by atoms with E-state index in [2.05, 4.69) is 23.7 Å². The van der Waals surface area contributed by atoms with E-state index in [1.165, 1.54) is 10.4 Å². The van der Waals surface area contributed by atoms with Crippen molar-refractivity contribution >= 4 is 17.2 Å². The average Bonchev–Trinajstić information content (AvgIpc) is 2.67. The number of amides is 1. The summed E-state index contributed by atoms with van der Waals surface area (Å²) in [6.45, 7) is 3.40. The fourth-order valence-corrected chi connectivity index (χ4v) is 3.07. The van der Waals surface area contributed by atoms with Crippen LogP contribution in [0.5, 0.6) is 0 Å². The molecule has 2 rings (SSSR count). The molecule has 82 valence electrons. The van der Waals surface area contributed by atoms with Gasteiger partial charge in [0, 0.05) is 11.4 Å². The number of nitrogens with zero attached hydrogens (tertiary/aromatic N) is 1. The van der Waals surface area contributed by atoms with Crippen LogP contribution in [-0.4, -0.2) is 30.9 Å². The highest BCUT2D eigenvalue weighted by Gasteiger charge is 2.27. The van der Waals surface area contributed by atoms with E-state index < -0.39 is 0 Å². The van der Waals surface area contributed by atoms with E-state index in [0.717, 1.165) is 13.0 Å². The summed E-state index contributed by atoms with van der Waals surface area (Å²) >= 11 is 1.80. The van der Waals surface area contributed by atoms with Crippen molar-refractivity contribution < 1.29 is 4.79 Å². The summed E-state index contributed by atoms with van der Waals surface area (Å²) in [7, 11) is 1.81. The standard InChI is InChI=1S/C11H16N2OS/c1-8-9-4-6-15-10(9)3-5-13(8)11(14)7-12-2/h4,6,8,12H,3,5,7H2,1-2H3. The van der Waals surface area contributed by atoms with Crippen LogP contribution >= 0.6 is 11.3 Å². The number of fused-ring (bicyclic) bond motifs is 1. The molecule has 0 saturated carbocycles. The Morgan fingerprint density at radius 2 is 2.53 bits per heavy atom. The smallest absolute Gasteiger partial charge is 0.237 e. The zero-order valence-corrected chi connectivity index (χ0v) is 9.93. The van der Waals surface area contributed by atoms with Crippen LogP contribution in [0.3, 0.4) is 0 Å². The van der Waals surface area contributed by atoms with Gasteiger partial charge in [-0.25, -0.2) is 0 Å². The zero-order chi connectivity index (χ0) is 10.8. The van der Waals surface area contributed by atoms with Gasteiger partial charge in [0.15, 0.2) is 0 Å². The third-order valence-electron chi connectivity index (χ3n) is 2.93. The highest BCUT2D eigenvalue weighted by molar-refractivity contribution is 7.10. The van der Waals surface area contributed by atoms with Crippen molar-refractivity contribution in [2.24, 2.45) is 0 Å². The van der Waals surface area contributed by atoms with Crippen LogP contribution < -0.4 is 5.32 Å². The summed E-state index contributed by atoms with van der Waals surface area (Å²) in [5, 5.41) is 5.03. The Balaban J connectivity index is 2.16. The first-order valence-corrected chi connectivity index (χ1v) is 6.12. The lowest BCUT2D eigenvalue weighted by Gasteiger charge is -2.33. The molecule has 4 heteroatoms. The van der Waals surface area contributed by atoms with Gasteiger partial charge in [0.05, 0.1) is 12.6 Å². The van der Waals surface area contributed by atoms with Gasteiger partial charge < -0.3 is 10.2 Å². The van der Waals surface area contributed by atoms with E-state index >= 15 is 0 Å². The molecule has 3 nitrogen and oxygen atoms in total. The van der Waals surface area contributed by atoms with Crippen LogP contribution in [0, 0.1) is 0 Å². The molecule has 1 aromatic rings. The molecule has 1 aliphatic heterocycles. The number of carbonyl (C=O) groups is 1. The molecule has 1 amide bonds. The van der Waals surface area contributed by atoms with Crippen molar-refractivity contribution in [1.82, 2.24) is 10.2 Å². The molecule has 0 radical (unpaired) electrons. The highest BCUT2D eigenvalue weighted by Crippen LogP contribution is 2.32. The summed E-state index contributed by atoms with van der Waals surface area (Å²) in [6, 6.07) is 2.38. The Bertz CT molecular complexity index is 361. The summed E-state index contributed by atoms with van der Waals surface area (Å²) in [5.74, 6) is 0.196. The number of carbonyl (C=O) groups excluding carboxylic acids is 1. The molecule has 1 aromatic heterocycles. The quantitative estimate of drug-likeness (QED) is 0.824. The van der Waals surface area contributed by atoms with Crippen molar-refractivity contribution in [3.05, 3.63) is 21.9 Å². The number of rotatable bonds is 2. The summed E-state index contributed by atoms with van der Waals surface area (Å²) in [6.07, 6.45) is 1.01. The SMILES string of the molecule is CNCC(=O)N1CCc2sccc2C1C. The number of hydrogen-bond donors (Lipinski definition) is 1. The second-order valence-electron chi connectivity index (χ2n) is 3.84. The van der Waals surface area contributed by atoms with Gasteiger partial charge in [-0.1, -0.05) is 0 Å². The zero-order valence-electron chi connectivity index (χ0n) is 9.12. The predicted molar refractivity (Wildman–Crippen MR) is 62.1 cm³/mol. The van der Waals surface area contributed by atoms with Crippen LogP contribution in [0.25, 0.3) is 0 Å². The lowest BCUT2D eigenvalue weighted by Crippen LogP contribution is -2.42. The molecule has 0 fully saturated rings. The first-order chi connectivity index (χ1) is 7.24. The molecule has 1 N–H and O–H groups in total. The largest absolute Gasteiger partial charge is 0.334 e. The van der Waals surface area contributed by atoms with Crippen molar-refractivity contribution in [1.29, 1.82) is 0 Å². The van der Waals surface area contributed by atoms with Gasteiger partial charge >= 0.3 is 0 Å². The Hall–Kier alpha value is -0.870. The fraction of sp³-hybridized carbons (Fsp3) is 0.545. The number of likely N-dealkylation sites (N-methyl/N-ethyl adjacent to an activating group) is 1. The average molecular weight is 224 g/mol. The van der Waals surface area contributed by atoms with Gasteiger partial charge in [-0.3, -0.25) is 4.79 Å². The van der Waals surface area contributed by atoms with Crippen molar-refractivity contribution in [2.75, 3.05) is 20.1 Å². The van der Waals surface area contributed by atoms with Gasteiger partial charge in [-0.2, -0.15) is 0 Å². The van der Waals surface area contributed by atoms with Gasteiger partial charge in [0.2, 0.25) is 5.91 Å². The summed E-state index contributed by atoms with van der Waals surface area (Å²) in [5.41, 5.74) is 1.33. The maximum atomic E-state index is 11.8. The van der Waals surface area contributed by atoms with E-state index in [0.29, 0.717) is 6.54 Å². The van der Waals surface area contributed by atoms with Crippen molar-refractivity contribution in [3.8, 4) is 0 Å². The lowest BCUT2D eigenvalue weighted by molar-refractivity contribution is -0.132. The number of hydrogen-bond acceptors (Lipinski definition) is 3. The van der Waals surface area contributed by atoms with Gasteiger partial charge in [-0.15, -0.1) is 11.3 Å². The van der Waals surface area contributed by atoms with Crippen LogP contribution in [0.15, 0.2) is 11.4 Å². The lowest BCUT2D eigenvalue weighted by atomic mass is 10.0. The molecule has 0 spiro atoms. The topological polar surface area (TPSA) is 32.3 Å².